The maximum atomic E-state index is 5.62. The quantitative estimate of drug-likeness (QED) is 0.888. The third kappa shape index (κ3) is 2.18. The summed E-state index contributed by atoms with van der Waals surface area (Å²) in [7, 11) is 1.83. The van der Waals surface area contributed by atoms with Gasteiger partial charge in [-0.3, -0.25) is 0 Å². The van der Waals surface area contributed by atoms with Crippen LogP contribution in [-0.4, -0.2) is 19.3 Å². The summed E-state index contributed by atoms with van der Waals surface area (Å²) in [6.45, 7) is 1.91. The van der Waals surface area contributed by atoms with E-state index in [0.717, 1.165) is 13.1 Å². The number of methoxy groups -OCH3 is 1. The maximum Gasteiger partial charge on any atom is 0.0802 e. The molecule has 2 aromatic rings. The normalized spacial score (nSPS) is 17.8. The van der Waals surface area contributed by atoms with E-state index in [1.165, 1.54) is 34.9 Å². The van der Waals surface area contributed by atoms with Crippen LogP contribution in [0, 0.1) is 0 Å². The highest BCUT2D eigenvalue weighted by atomic mass is 32.1. The molecule has 3 rings (SSSR count). The predicted octanol–water partition coefficient (Wildman–Crippen LogP) is 3.56. The molecule has 1 aliphatic carbocycles. The van der Waals surface area contributed by atoms with E-state index in [1.54, 1.807) is 0 Å². The van der Waals surface area contributed by atoms with Crippen LogP contribution in [0.1, 0.15) is 24.8 Å². The molecule has 18 heavy (non-hydrogen) atoms. The summed E-state index contributed by atoms with van der Waals surface area (Å²) < 4.78 is 7.00. The molecule has 1 saturated carbocycles. The van der Waals surface area contributed by atoms with Gasteiger partial charge in [-0.15, -0.1) is 11.3 Å². The third-order valence-corrected chi connectivity index (χ3v) is 5.03. The molecule has 0 saturated heterocycles. The van der Waals surface area contributed by atoms with Crippen molar-refractivity contribution >= 4 is 21.4 Å². The van der Waals surface area contributed by atoms with Gasteiger partial charge in [-0.05, 0) is 41.7 Å². The molecular formula is C15H19NOS. The van der Waals surface area contributed by atoms with E-state index in [-0.39, 0.29) is 5.60 Å². The maximum absolute atomic E-state index is 5.62. The summed E-state index contributed by atoms with van der Waals surface area (Å²) in [6, 6.07) is 8.61. The standard InChI is InChI=1S/C15H19NOS/c1-17-15(7-4-8-15)11-16-9-12-10-18-14-6-3-2-5-13(12)14/h2-3,5-6,10,16H,4,7-9,11H2,1H3. The van der Waals surface area contributed by atoms with E-state index in [4.69, 9.17) is 4.74 Å². The Morgan fingerprint density at radius 2 is 2.17 bits per heavy atom. The van der Waals surface area contributed by atoms with Gasteiger partial charge in [-0.2, -0.15) is 0 Å². The van der Waals surface area contributed by atoms with Gasteiger partial charge in [0.25, 0.3) is 0 Å². The van der Waals surface area contributed by atoms with E-state index < -0.39 is 0 Å². The SMILES string of the molecule is COC1(CNCc2csc3ccccc23)CCC1. The first-order chi connectivity index (χ1) is 8.83. The summed E-state index contributed by atoms with van der Waals surface area (Å²) in [6.07, 6.45) is 3.69. The van der Waals surface area contributed by atoms with Crippen LogP contribution in [0.5, 0.6) is 0 Å². The Labute approximate surface area is 112 Å². The lowest BCUT2D eigenvalue weighted by molar-refractivity contribution is -0.0695. The van der Waals surface area contributed by atoms with Gasteiger partial charge in [0.2, 0.25) is 0 Å². The van der Waals surface area contributed by atoms with Crippen molar-refractivity contribution in [2.24, 2.45) is 0 Å². The summed E-state index contributed by atoms with van der Waals surface area (Å²) in [5.74, 6) is 0. The first-order valence-corrected chi connectivity index (χ1v) is 7.42. The minimum atomic E-state index is 0.117. The van der Waals surface area contributed by atoms with E-state index in [9.17, 15) is 0 Å². The zero-order valence-corrected chi connectivity index (χ0v) is 11.6. The zero-order chi connectivity index (χ0) is 12.4. The molecule has 0 amide bonds. The molecule has 1 aromatic carbocycles. The van der Waals surface area contributed by atoms with Crippen LogP contribution in [-0.2, 0) is 11.3 Å². The number of hydrogen-bond donors (Lipinski definition) is 1. The van der Waals surface area contributed by atoms with Gasteiger partial charge in [0.1, 0.15) is 0 Å². The van der Waals surface area contributed by atoms with Crippen molar-refractivity contribution in [1.82, 2.24) is 5.32 Å². The highest BCUT2D eigenvalue weighted by molar-refractivity contribution is 7.17. The number of thiophene rings is 1. The van der Waals surface area contributed by atoms with E-state index in [1.807, 2.05) is 18.4 Å². The van der Waals surface area contributed by atoms with Crippen molar-refractivity contribution in [3.05, 3.63) is 35.2 Å². The van der Waals surface area contributed by atoms with Gasteiger partial charge < -0.3 is 10.1 Å². The second-order valence-electron chi connectivity index (χ2n) is 5.10. The fourth-order valence-electron chi connectivity index (χ4n) is 2.62. The lowest BCUT2D eigenvalue weighted by Crippen LogP contribution is -2.47. The minimum Gasteiger partial charge on any atom is -0.377 e. The first kappa shape index (κ1) is 12.2. The summed E-state index contributed by atoms with van der Waals surface area (Å²) >= 11 is 1.83. The fourth-order valence-corrected chi connectivity index (χ4v) is 3.58. The Bertz CT molecular complexity index is 525. The molecule has 3 heteroatoms. The Balaban J connectivity index is 1.63. The average molecular weight is 261 g/mol. The summed E-state index contributed by atoms with van der Waals surface area (Å²) in [4.78, 5) is 0. The first-order valence-electron chi connectivity index (χ1n) is 6.54. The van der Waals surface area contributed by atoms with Crippen molar-refractivity contribution in [3.63, 3.8) is 0 Å². The van der Waals surface area contributed by atoms with Crippen molar-refractivity contribution in [2.45, 2.75) is 31.4 Å². The van der Waals surface area contributed by atoms with E-state index in [0.29, 0.717) is 0 Å². The van der Waals surface area contributed by atoms with Gasteiger partial charge in [-0.1, -0.05) is 18.2 Å². The molecule has 0 bridgehead atoms. The largest absolute Gasteiger partial charge is 0.377 e. The number of nitrogens with one attached hydrogen (secondary N) is 1. The Morgan fingerprint density at radius 3 is 2.89 bits per heavy atom. The Morgan fingerprint density at radius 1 is 1.33 bits per heavy atom. The minimum absolute atomic E-state index is 0.117. The number of ether oxygens (including phenoxy) is 1. The van der Waals surface area contributed by atoms with Crippen LogP contribution >= 0.6 is 11.3 Å². The smallest absolute Gasteiger partial charge is 0.0802 e. The number of hydrogen-bond acceptors (Lipinski definition) is 3. The van der Waals surface area contributed by atoms with E-state index in [2.05, 4.69) is 35.0 Å². The molecule has 2 nitrogen and oxygen atoms in total. The van der Waals surface area contributed by atoms with Gasteiger partial charge >= 0.3 is 0 Å². The highest BCUT2D eigenvalue weighted by Gasteiger charge is 2.36. The van der Waals surface area contributed by atoms with Gasteiger partial charge in [0.05, 0.1) is 5.60 Å². The van der Waals surface area contributed by atoms with Gasteiger partial charge in [0.15, 0.2) is 0 Å². The molecule has 1 aromatic heterocycles. The van der Waals surface area contributed by atoms with Crippen LogP contribution in [0.15, 0.2) is 29.6 Å². The lowest BCUT2D eigenvalue weighted by atomic mass is 9.80. The van der Waals surface area contributed by atoms with Crippen LogP contribution in [0.25, 0.3) is 10.1 Å². The van der Waals surface area contributed by atoms with Crippen molar-refractivity contribution in [1.29, 1.82) is 0 Å². The van der Waals surface area contributed by atoms with Crippen LogP contribution in [0.2, 0.25) is 0 Å². The molecule has 0 atom stereocenters. The second kappa shape index (κ2) is 5.00. The average Bonchev–Trinajstić information content (AvgIpc) is 2.76. The number of benzene rings is 1. The van der Waals surface area contributed by atoms with Crippen LogP contribution < -0.4 is 5.32 Å². The van der Waals surface area contributed by atoms with Crippen LogP contribution in [0.3, 0.4) is 0 Å². The van der Waals surface area contributed by atoms with Crippen molar-refractivity contribution in [3.8, 4) is 0 Å². The van der Waals surface area contributed by atoms with Gasteiger partial charge in [-0.25, -0.2) is 0 Å². The molecule has 1 aliphatic rings. The second-order valence-corrected chi connectivity index (χ2v) is 6.01. The molecule has 0 unspecified atom stereocenters. The molecule has 1 fully saturated rings. The lowest BCUT2D eigenvalue weighted by Gasteiger charge is -2.40. The monoisotopic (exact) mass is 261 g/mol. The molecular weight excluding hydrogens is 242 g/mol. The molecule has 0 radical (unpaired) electrons. The van der Waals surface area contributed by atoms with Crippen molar-refractivity contribution in [2.75, 3.05) is 13.7 Å². The Kier molecular flexibility index (Phi) is 3.37. The third-order valence-electron chi connectivity index (χ3n) is 4.02. The summed E-state index contributed by atoms with van der Waals surface area (Å²) in [5.41, 5.74) is 1.52. The molecule has 0 spiro atoms. The highest BCUT2D eigenvalue weighted by Crippen LogP contribution is 2.34. The van der Waals surface area contributed by atoms with Crippen LogP contribution in [0.4, 0.5) is 0 Å². The topological polar surface area (TPSA) is 21.3 Å². The summed E-state index contributed by atoms with van der Waals surface area (Å²) in [5, 5.41) is 7.20. The van der Waals surface area contributed by atoms with E-state index >= 15 is 0 Å². The molecule has 1 N–H and O–H groups in total. The van der Waals surface area contributed by atoms with Gasteiger partial charge in [0, 0.05) is 24.9 Å². The fraction of sp³-hybridized carbons (Fsp3) is 0.467. The zero-order valence-electron chi connectivity index (χ0n) is 10.7. The molecule has 96 valence electrons. The molecule has 0 aliphatic heterocycles. The molecule has 1 heterocycles. The Hall–Kier alpha value is -0.900. The van der Waals surface area contributed by atoms with Crippen molar-refractivity contribution < 1.29 is 4.74 Å². The number of fused-ring (bicyclic) bond motifs is 1. The predicted molar refractivity (Wildman–Crippen MR) is 77.1 cm³/mol. The number of rotatable bonds is 5.